The summed E-state index contributed by atoms with van der Waals surface area (Å²) in [7, 11) is 0. The van der Waals surface area contributed by atoms with Crippen LogP contribution in [0.4, 0.5) is 0 Å². The molecule has 15 heteroatoms. The van der Waals surface area contributed by atoms with Gasteiger partial charge >= 0.3 is 0 Å². The number of nitrogens with one attached hydrogen (secondary N) is 2. The number of benzene rings is 8. The lowest BCUT2D eigenvalue weighted by Gasteiger charge is -2.38. The quantitative estimate of drug-likeness (QED) is 0.0353. The Morgan fingerprint density at radius 1 is 0.309 bits per heavy atom. The van der Waals surface area contributed by atoms with Crippen LogP contribution in [0.25, 0.3) is 0 Å². The Hall–Kier alpha value is -10.4. The minimum absolute atomic E-state index is 0.000188. The molecule has 0 saturated carbocycles. The summed E-state index contributed by atoms with van der Waals surface area (Å²) in [6, 6.07) is 76.9. The minimum atomic E-state index is -0.643. The van der Waals surface area contributed by atoms with Crippen LogP contribution in [0.15, 0.2) is 225 Å². The minimum Gasteiger partial charge on any atom is -0.487 e. The van der Waals surface area contributed by atoms with Crippen molar-refractivity contribution in [2.45, 2.75) is 194 Å². The number of pyridine rings is 1. The van der Waals surface area contributed by atoms with Crippen molar-refractivity contribution in [3.05, 3.63) is 325 Å². The predicted octanol–water partition coefficient (Wildman–Crippen LogP) is 18.9. The molecule has 15 nitrogen and oxygen atoms in total. The maximum atomic E-state index is 13.2. The third-order valence-corrected chi connectivity index (χ3v) is 20.8. The molecule has 0 aliphatic carbocycles. The molecule has 574 valence electrons. The summed E-state index contributed by atoms with van der Waals surface area (Å²) in [5.74, 6) is 0.584. The zero-order chi connectivity index (χ0) is 78.9. The fourth-order valence-corrected chi connectivity index (χ4v) is 14.1. The standard InChI is InChI=1S/C95H113N9O6/c1-88(2,3)66-22-34-72(35-23-66)94(73-36-24-67(25-37-73)89(4,5)6,74-38-26-68(27-39-74)90(7,8)9)78-46-50-82(51-47-78)109-64-80-62-103(101-99-80)56-60-107-58-54-96-86(105)84-20-19-21-85(98-84)87(106)97-55-59-108-61-57-104-63-81(100-102-104)65-110-83-52-48-79(49-53-83)95(75-40-28-69(29-41-75)91(10,11)12,76-42-30-70(31-43-76)92(13,14)15)77-44-32-71(33-45-77)93(16,17)18/h19-53,62-63H,54-61,64-65H2,1-18H3,(H,96,105)(H,97,106). The molecule has 2 amide bonds. The van der Waals surface area contributed by atoms with Gasteiger partial charge in [-0.15, -0.1) is 10.2 Å². The first-order valence-corrected chi connectivity index (χ1v) is 38.7. The van der Waals surface area contributed by atoms with Crippen LogP contribution in [-0.4, -0.2) is 86.3 Å². The van der Waals surface area contributed by atoms with E-state index in [1.54, 1.807) is 27.6 Å². The van der Waals surface area contributed by atoms with Crippen LogP contribution >= 0.6 is 0 Å². The number of hydrogen-bond acceptors (Lipinski definition) is 11. The second kappa shape index (κ2) is 33.5. The van der Waals surface area contributed by atoms with Crippen molar-refractivity contribution in [2.75, 3.05) is 39.5 Å². The number of nitrogens with zero attached hydrogens (tertiary/aromatic N) is 7. The van der Waals surface area contributed by atoms with Crippen molar-refractivity contribution >= 4 is 11.8 Å². The lowest BCUT2D eigenvalue weighted by Crippen LogP contribution is -2.31. The number of rotatable bonds is 28. The fourth-order valence-electron chi connectivity index (χ4n) is 14.1. The SMILES string of the molecule is CC(C)(C)c1ccc(C(c2ccc(OCc3cn(CCOCCNC(=O)c4cccc(C(=O)NCCOCCn5cc(COc6ccc(C(c7ccc(C(C)(C)C)cc7)(c7ccc(C(C)(C)C)cc7)c7ccc(C(C)(C)C)cc7)cc6)nn5)n4)nn3)cc2)(c2ccc(C(C)(C)C)cc2)c2ccc(C(C)(C)C)cc2)cc1. The van der Waals surface area contributed by atoms with Gasteiger partial charge in [-0.25, -0.2) is 14.3 Å². The Morgan fingerprint density at radius 3 is 0.773 bits per heavy atom. The highest BCUT2D eigenvalue weighted by atomic mass is 16.5. The van der Waals surface area contributed by atoms with Crippen LogP contribution in [0.5, 0.6) is 11.5 Å². The Bertz CT molecular complexity index is 4240. The third-order valence-electron chi connectivity index (χ3n) is 20.8. The van der Waals surface area contributed by atoms with Gasteiger partial charge in [-0.2, -0.15) is 0 Å². The summed E-state index contributed by atoms with van der Waals surface area (Å²) < 4.78 is 27.9. The van der Waals surface area contributed by atoms with Crippen LogP contribution < -0.4 is 20.1 Å². The molecule has 11 aromatic rings. The largest absolute Gasteiger partial charge is 0.487 e. The van der Waals surface area contributed by atoms with E-state index in [0.29, 0.717) is 49.2 Å². The Labute approximate surface area is 653 Å². The first-order valence-electron chi connectivity index (χ1n) is 38.7. The molecule has 110 heavy (non-hydrogen) atoms. The van der Waals surface area contributed by atoms with Crippen molar-refractivity contribution < 1.29 is 28.5 Å². The molecule has 2 N–H and O–H groups in total. The molecule has 0 saturated heterocycles. The Morgan fingerprint density at radius 2 is 0.536 bits per heavy atom. The van der Waals surface area contributed by atoms with E-state index < -0.39 is 22.6 Å². The van der Waals surface area contributed by atoms with Crippen molar-refractivity contribution in [1.29, 1.82) is 0 Å². The molecule has 0 spiro atoms. The zero-order valence-corrected chi connectivity index (χ0v) is 68.0. The summed E-state index contributed by atoms with van der Waals surface area (Å²) in [6.45, 7) is 43.6. The average Bonchev–Trinajstić information content (AvgIpc) is 0.875. The van der Waals surface area contributed by atoms with Crippen molar-refractivity contribution in [1.82, 2.24) is 45.6 Å². The van der Waals surface area contributed by atoms with Gasteiger partial charge in [-0.1, -0.05) is 311 Å². The van der Waals surface area contributed by atoms with E-state index in [1.165, 1.54) is 66.8 Å². The average molecular weight is 1480 g/mol. The van der Waals surface area contributed by atoms with Crippen LogP contribution in [0.2, 0.25) is 0 Å². The normalized spacial score (nSPS) is 12.6. The number of hydrogen-bond donors (Lipinski definition) is 2. The van der Waals surface area contributed by atoms with Gasteiger partial charge in [0.15, 0.2) is 0 Å². The van der Waals surface area contributed by atoms with Crippen LogP contribution in [0, 0.1) is 0 Å². The molecule has 8 aromatic carbocycles. The highest BCUT2D eigenvalue weighted by Gasteiger charge is 2.41. The van der Waals surface area contributed by atoms with Crippen LogP contribution in [0.3, 0.4) is 0 Å². The van der Waals surface area contributed by atoms with Crippen LogP contribution in [-0.2, 0) is 79.1 Å². The molecule has 3 aromatic heterocycles. The molecular formula is C95H113N9O6. The predicted molar refractivity (Wildman–Crippen MR) is 441 cm³/mol. The molecule has 0 fully saturated rings. The fraction of sp³-hybridized carbons (Fsp3) is 0.379. The van der Waals surface area contributed by atoms with E-state index >= 15 is 0 Å². The van der Waals surface area contributed by atoms with Gasteiger partial charge in [0.05, 0.1) is 62.7 Å². The van der Waals surface area contributed by atoms with E-state index in [0.717, 1.165) is 11.1 Å². The Balaban J connectivity index is 0.617. The molecule has 0 atom stereocenters. The van der Waals surface area contributed by atoms with Crippen molar-refractivity contribution in [3.8, 4) is 11.5 Å². The van der Waals surface area contributed by atoms with Crippen LogP contribution in [0.1, 0.15) is 235 Å². The first-order chi connectivity index (χ1) is 52.1. The van der Waals surface area contributed by atoms with Gasteiger partial charge in [-0.3, -0.25) is 9.59 Å². The van der Waals surface area contributed by atoms with E-state index in [9.17, 15) is 9.59 Å². The molecule has 0 unspecified atom stereocenters. The van der Waals surface area contributed by atoms with Gasteiger partial charge in [0.2, 0.25) is 0 Å². The molecule has 0 radical (unpaired) electrons. The summed E-state index contributed by atoms with van der Waals surface area (Å²) in [4.78, 5) is 30.7. The maximum Gasteiger partial charge on any atom is 0.269 e. The van der Waals surface area contributed by atoms with E-state index in [4.69, 9.17) is 18.9 Å². The van der Waals surface area contributed by atoms with E-state index in [2.05, 4.69) is 331 Å². The number of amides is 2. The topological polar surface area (TPSA) is 169 Å². The molecule has 3 heterocycles. The smallest absolute Gasteiger partial charge is 0.269 e. The van der Waals surface area contributed by atoms with E-state index in [1.807, 2.05) is 36.7 Å². The van der Waals surface area contributed by atoms with Gasteiger partial charge < -0.3 is 29.6 Å². The molecule has 0 aliphatic heterocycles. The van der Waals surface area contributed by atoms with Gasteiger partial charge in [0, 0.05) is 13.1 Å². The van der Waals surface area contributed by atoms with Gasteiger partial charge in [-0.05, 0) is 147 Å². The maximum absolute atomic E-state index is 13.2. The van der Waals surface area contributed by atoms with Crippen molar-refractivity contribution in [3.63, 3.8) is 0 Å². The Kier molecular flexibility index (Phi) is 24.5. The van der Waals surface area contributed by atoms with E-state index in [-0.39, 0.29) is 83.4 Å². The monoisotopic (exact) mass is 1480 g/mol. The summed E-state index contributed by atoms with van der Waals surface area (Å²) >= 11 is 0. The van der Waals surface area contributed by atoms with Gasteiger partial charge in [0.25, 0.3) is 11.8 Å². The summed E-state index contributed by atoms with van der Waals surface area (Å²) in [6.07, 6.45) is 3.70. The first kappa shape index (κ1) is 80.7. The lowest BCUT2D eigenvalue weighted by atomic mass is 9.64. The second-order valence-corrected chi connectivity index (χ2v) is 35.2. The third kappa shape index (κ3) is 19.3. The molecule has 11 rings (SSSR count). The lowest BCUT2D eigenvalue weighted by molar-refractivity contribution is 0.0895. The molecule has 0 aliphatic rings. The molecular weight excluding hydrogens is 1360 g/mol. The summed E-state index contributed by atoms with van der Waals surface area (Å²) in [5, 5.41) is 23.1. The highest BCUT2D eigenvalue weighted by Crippen LogP contribution is 2.49. The number of ether oxygens (including phenoxy) is 4. The summed E-state index contributed by atoms with van der Waals surface area (Å²) in [5.41, 5.74) is 17.3. The second-order valence-electron chi connectivity index (χ2n) is 35.2. The number of aromatic nitrogens is 7. The van der Waals surface area contributed by atoms with Crippen molar-refractivity contribution in [2.24, 2.45) is 0 Å². The van der Waals surface area contributed by atoms with Gasteiger partial charge in [0.1, 0.15) is 47.5 Å². The zero-order valence-electron chi connectivity index (χ0n) is 68.0. The molecule has 0 bridgehead atoms. The number of carbonyl (C=O) groups is 2. The highest BCUT2D eigenvalue weighted by molar-refractivity contribution is 5.96. The number of carbonyl (C=O) groups excluding carboxylic acids is 2.